The second-order valence-corrected chi connectivity index (χ2v) is 9.27. The second kappa shape index (κ2) is 11.0. The summed E-state index contributed by atoms with van der Waals surface area (Å²) >= 11 is 0. The first kappa shape index (κ1) is 22.1. The van der Waals surface area contributed by atoms with Gasteiger partial charge in [0.05, 0.1) is 12.4 Å². The van der Waals surface area contributed by atoms with E-state index in [4.69, 9.17) is 4.74 Å². The fraction of sp³-hybridized carbons (Fsp3) is 0.409. The first-order valence-corrected chi connectivity index (χ1v) is 11.9. The Balaban J connectivity index is 1.41. The van der Waals surface area contributed by atoms with E-state index < -0.39 is 10.0 Å². The second-order valence-electron chi connectivity index (χ2n) is 7.34. The predicted octanol–water partition coefficient (Wildman–Crippen LogP) is 2.26. The van der Waals surface area contributed by atoms with Crippen molar-refractivity contribution in [3.63, 3.8) is 0 Å². The minimum absolute atomic E-state index is 0.0401. The van der Waals surface area contributed by atoms with Crippen LogP contribution in [0.1, 0.15) is 24.0 Å². The highest BCUT2D eigenvalue weighted by atomic mass is 32.2. The van der Waals surface area contributed by atoms with E-state index in [9.17, 15) is 8.42 Å². The van der Waals surface area contributed by atoms with Crippen molar-refractivity contribution in [1.29, 1.82) is 0 Å². The molecular formula is C22H30N4O3S. The molecular weight excluding hydrogens is 400 g/mol. The molecule has 0 spiro atoms. The molecule has 3 N–H and O–H groups in total. The summed E-state index contributed by atoms with van der Waals surface area (Å²) in [6.45, 7) is 1.84. The third-order valence-corrected chi connectivity index (χ3v) is 6.14. The molecule has 8 heteroatoms. The Morgan fingerprint density at radius 2 is 1.77 bits per heavy atom. The number of hydrogen-bond acceptors (Lipinski definition) is 4. The summed E-state index contributed by atoms with van der Waals surface area (Å²) in [6, 6.07) is 17.4. The number of sulfonamides is 1. The minimum Gasteiger partial charge on any atom is -0.493 e. The number of ether oxygens (including phenoxy) is 1. The van der Waals surface area contributed by atoms with Crippen LogP contribution in [0.5, 0.6) is 5.75 Å². The van der Waals surface area contributed by atoms with E-state index in [-0.39, 0.29) is 18.8 Å². The average Bonchev–Trinajstić information content (AvgIpc) is 3.59. The van der Waals surface area contributed by atoms with Gasteiger partial charge >= 0.3 is 0 Å². The van der Waals surface area contributed by atoms with Gasteiger partial charge in [0.2, 0.25) is 10.0 Å². The van der Waals surface area contributed by atoms with Crippen LogP contribution in [0.25, 0.3) is 0 Å². The summed E-state index contributed by atoms with van der Waals surface area (Å²) in [5, 5.41) is 6.27. The quantitative estimate of drug-likeness (QED) is 0.376. The van der Waals surface area contributed by atoms with Gasteiger partial charge < -0.3 is 15.4 Å². The van der Waals surface area contributed by atoms with Crippen molar-refractivity contribution >= 4 is 16.0 Å². The van der Waals surface area contributed by atoms with Crippen LogP contribution < -0.4 is 20.1 Å². The molecule has 0 bridgehead atoms. The molecule has 1 aliphatic rings. The zero-order valence-corrected chi connectivity index (χ0v) is 18.1. The molecule has 3 rings (SSSR count). The lowest BCUT2D eigenvalue weighted by molar-refractivity contribution is 0.296. The molecule has 0 saturated heterocycles. The molecule has 1 fully saturated rings. The van der Waals surface area contributed by atoms with Gasteiger partial charge in [-0.3, -0.25) is 4.99 Å². The fourth-order valence-electron chi connectivity index (χ4n) is 2.85. The van der Waals surface area contributed by atoms with E-state index >= 15 is 0 Å². The average molecular weight is 431 g/mol. The summed E-state index contributed by atoms with van der Waals surface area (Å²) in [5.74, 6) is 2.07. The maximum Gasteiger partial charge on any atom is 0.213 e. The van der Waals surface area contributed by atoms with Crippen LogP contribution in [0.4, 0.5) is 0 Å². The third-order valence-electron chi connectivity index (χ3n) is 4.82. The molecule has 0 aromatic heterocycles. The first-order chi connectivity index (χ1) is 14.6. The van der Waals surface area contributed by atoms with Gasteiger partial charge in [0.25, 0.3) is 0 Å². The summed E-state index contributed by atoms with van der Waals surface area (Å²) < 4.78 is 32.9. The molecule has 0 amide bonds. The maximum absolute atomic E-state index is 12.2. The number of nitrogens with zero attached hydrogens (tertiary/aromatic N) is 1. The molecule has 0 atom stereocenters. The van der Waals surface area contributed by atoms with Crippen LogP contribution in [0.2, 0.25) is 0 Å². The largest absolute Gasteiger partial charge is 0.493 e. The van der Waals surface area contributed by atoms with Crippen LogP contribution in [-0.2, 0) is 23.1 Å². The number of rotatable bonds is 11. The van der Waals surface area contributed by atoms with E-state index in [0.717, 1.165) is 23.5 Å². The van der Waals surface area contributed by atoms with Crippen molar-refractivity contribution < 1.29 is 13.2 Å². The number of hydrogen-bond donors (Lipinski definition) is 3. The molecule has 0 heterocycles. The Labute approximate surface area is 179 Å². The molecule has 0 unspecified atom stereocenters. The highest BCUT2D eigenvalue weighted by Gasteiger charge is 2.22. The highest BCUT2D eigenvalue weighted by Crippen LogP contribution is 2.30. The molecule has 0 aliphatic heterocycles. The molecule has 7 nitrogen and oxygen atoms in total. The highest BCUT2D eigenvalue weighted by molar-refractivity contribution is 7.89. The van der Waals surface area contributed by atoms with Crippen LogP contribution in [0.15, 0.2) is 59.6 Å². The fourth-order valence-corrected chi connectivity index (χ4v) is 3.75. The van der Waals surface area contributed by atoms with Crippen molar-refractivity contribution in [3.05, 3.63) is 65.7 Å². The number of benzene rings is 2. The lowest BCUT2D eigenvalue weighted by atomic mass is 10.2. The van der Waals surface area contributed by atoms with Gasteiger partial charge in [0.1, 0.15) is 5.75 Å². The van der Waals surface area contributed by atoms with Crippen molar-refractivity contribution in [2.75, 3.05) is 26.0 Å². The number of guanidine groups is 1. The van der Waals surface area contributed by atoms with Gasteiger partial charge in [0.15, 0.2) is 5.96 Å². The molecule has 1 saturated carbocycles. The zero-order chi connectivity index (χ0) is 21.2. The number of aliphatic imine (C=N–C) groups is 1. The van der Waals surface area contributed by atoms with E-state index in [1.165, 1.54) is 12.8 Å². The van der Waals surface area contributed by atoms with Crippen LogP contribution in [0.3, 0.4) is 0 Å². The smallest absolute Gasteiger partial charge is 0.213 e. The van der Waals surface area contributed by atoms with Gasteiger partial charge in [0, 0.05) is 32.2 Å². The third kappa shape index (κ3) is 7.68. The lowest BCUT2D eigenvalue weighted by Crippen LogP contribution is -2.40. The monoisotopic (exact) mass is 430 g/mol. The Hall–Kier alpha value is -2.58. The van der Waals surface area contributed by atoms with Crippen molar-refractivity contribution in [2.24, 2.45) is 10.9 Å². The summed E-state index contributed by atoms with van der Waals surface area (Å²) in [4.78, 5) is 4.17. The van der Waals surface area contributed by atoms with Crippen LogP contribution in [0, 0.1) is 5.92 Å². The van der Waals surface area contributed by atoms with E-state index in [0.29, 0.717) is 18.4 Å². The predicted molar refractivity (Wildman–Crippen MR) is 120 cm³/mol. The van der Waals surface area contributed by atoms with Gasteiger partial charge in [-0.15, -0.1) is 0 Å². The van der Waals surface area contributed by atoms with E-state index in [1.807, 2.05) is 54.6 Å². The Morgan fingerprint density at radius 3 is 2.50 bits per heavy atom. The van der Waals surface area contributed by atoms with Crippen molar-refractivity contribution in [1.82, 2.24) is 15.4 Å². The van der Waals surface area contributed by atoms with Gasteiger partial charge in [-0.1, -0.05) is 48.5 Å². The van der Waals surface area contributed by atoms with Crippen molar-refractivity contribution in [3.8, 4) is 5.75 Å². The molecule has 162 valence electrons. The summed E-state index contributed by atoms with van der Waals surface area (Å²) in [7, 11) is -1.72. The number of nitrogens with one attached hydrogen (secondary N) is 3. The van der Waals surface area contributed by atoms with Gasteiger partial charge in [-0.2, -0.15) is 0 Å². The molecule has 30 heavy (non-hydrogen) atoms. The molecule has 1 aliphatic carbocycles. The molecule has 2 aromatic rings. The topological polar surface area (TPSA) is 91.8 Å². The van der Waals surface area contributed by atoms with Gasteiger partial charge in [-0.25, -0.2) is 13.1 Å². The standard InChI is InChI=1S/C22H30N4O3S/c1-23-22(24-13-14-30(27,28)26-15-18-7-3-2-4-8-18)25-16-20-9-5-6-10-21(20)29-17-19-11-12-19/h2-10,19,26H,11-17H2,1H3,(H2,23,24,25). The van der Waals surface area contributed by atoms with Crippen molar-refractivity contribution in [2.45, 2.75) is 25.9 Å². The maximum atomic E-state index is 12.2. The van der Waals surface area contributed by atoms with E-state index in [2.05, 4.69) is 20.3 Å². The van der Waals surface area contributed by atoms with Crippen LogP contribution in [-0.4, -0.2) is 40.3 Å². The molecule has 0 radical (unpaired) electrons. The number of para-hydroxylation sites is 1. The Bertz CT molecular complexity index is 928. The summed E-state index contributed by atoms with van der Waals surface area (Å²) in [5.41, 5.74) is 1.97. The minimum atomic E-state index is -3.38. The van der Waals surface area contributed by atoms with E-state index in [1.54, 1.807) is 7.05 Å². The Kier molecular flexibility index (Phi) is 8.10. The summed E-state index contributed by atoms with van der Waals surface area (Å²) in [6.07, 6.45) is 2.50. The lowest BCUT2D eigenvalue weighted by Gasteiger charge is -2.15. The normalized spacial score (nSPS) is 14.4. The first-order valence-electron chi connectivity index (χ1n) is 10.2. The molecule has 2 aromatic carbocycles. The van der Waals surface area contributed by atoms with Gasteiger partial charge in [-0.05, 0) is 30.4 Å². The zero-order valence-electron chi connectivity index (χ0n) is 17.3. The SMILES string of the molecule is CN=C(NCCS(=O)(=O)NCc1ccccc1)NCc1ccccc1OCC1CC1. The van der Waals surface area contributed by atoms with Crippen LogP contribution >= 0.6 is 0 Å². The Morgan fingerprint density at radius 1 is 1.03 bits per heavy atom.